The molecule has 3 rings (SSSR count). The van der Waals surface area contributed by atoms with Gasteiger partial charge in [-0.2, -0.15) is 0 Å². The summed E-state index contributed by atoms with van der Waals surface area (Å²) in [6, 6.07) is 9.14. The predicted octanol–water partition coefficient (Wildman–Crippen LogP) is -0.383. The molecule has 0 saturated carbocycles. The number of benzene rings is 2. The van der Waals surface area contributed by atoms with E-state index >= 15 is 0 Å². The highest BCUT2D eigenvalue weighted by atomic mass is 16.7. The number of aliphatic hydroxyl groups is 6. The van der Waals surface area contributed by atoms with E-state index in [0.717, 1.165) is 5.56 Å². The highest BCUT2D eigenvalue weighted by Crippen LogP contribution is 2.35. The van der Waals surface area contributed by atoms with Gasteiger partial charge in [0.25, 0.3) is 0 Å². The van der Waals surface area contributed by atoms with Crippen molar-refractivity contribution in [2.45, 2.75) is 49.7 Å². The topological polar surface area (TPSA) is 179 Å². The van der Waals surface area contributed by atoms with Crippen LogP contribution in [0.4, 0.5) is 0 Å². The van der Waals surface area contributed by atoms with Crippen LogP contribution >= 0.6 is 0 Å². The number of aromatic hydroxyl groups is 1. The zero-order valence-corrected chi connectivity index (χ0v) is 19.2. The summed E-state index contributed by atoms with van der Waals surface area (Å²) in [7, 11) is 1.37. The average molecular weight is 497 g/mol. The Hall–Kier alpha value is -2.64. The molecule has 2 aromatic rings. The lowest BCUT2D eigenvalue weighted by Gasteiger charge is -2.35. The molecule has 1 saturated heterocycles. The van der Waals surface area contributed by atoms with Gasteiger partial charge in [0.05, 0.1) is 20.3 Å². The van der Waals surface area contributed by atoms with Crippen molar-refractivity contribution in [2.75, 3.05) is 26.9 Å². The molecule has 1 heterocycles. The van der Waals surface area contributed by atoms with Gasteiger partial charge in [0, 0.05) is 6.61 Å². The van der Waals surface area contributed by atoms with E-state index in [2.05, 4.69) is 0 Å². The average Bonchev–Trinajstić information content (AvgIpc) is 2.87. The number of phenols is 1. The molecule has 0 spiro atoms. The molecule has 2 aromatic carbocycles. The second-order valence-electron chi connectivity index (χ2n) is 8.19. The molecule has 7 N–H and O–H groups in total. The maximum absolute atomic E-state index is 10.8. The second kappa shape index (κ2) is 12.4. The lowest BCUT2D eigenvalue weighted by Crippen LogP contribution is -2.54. The van der Waals surface area contributed by atoms with Crippen molar-refractivity contribution in [3.63, 3.8) is 0 Å². The Morgan fingerprint density at radius 1 is 1.00 bits per heavy atom. The third kappa shape index (κ3) is 6.53. The van der Waals surface area contributed by atoms with Gasteiger partial charge in [-0.3, -0.25) is 0 Å². The first kappa shape index (κ1) is 27.0. The van der Waals surface area contributed by atoms with Crippen LogP contribution in [-0.2, 0) is 11.2 Å². The van der Waals surface area contributed by atoms with E-state index in [1.165, 1.54) is 37.4 Å². The number of ether oxygens (including phenoxy) is 4. The fourth-order valence-electron chi connectivity index (χ4n) is 3.65. The standard InChI is InChI=1S/C24H32O11/c1-32-19-10-14(5-7-18(19)35-24-23(31)22(30)16(28)12-33-24)21(29)20(11-26)34-17-6-4-13(3-2-8-25)9-15(17)27/h4-7,9-10,16,20-31H,2-3,8,11-12H2,1H3/t16-,20-,21-,22+,23-,24+/m1/s1. The van der Waals surface area contributed by atoms with Crippen molar-refractivity contribution in [1.29, 1.82) is 0 Å². The Bertz CT molecular complexity index is 953. The smallest absolute Gasteiger partial charge is 0.229 e. The maximum atomic E-state index is 10.8. The van der Waals surface area contributed by atoms with E-state index in [-0.39, 0.29) is 36.2 Å². The van der Waals surface area contributed by atoms with Crippen LogP contribution in [0.15, 0.2) is 36.4 Å². The summed E-state index contributed by atoms with van der Waals surface area (Å²) in [6.45, 7) is -0.757. The summed E-state index contributed by atoms with van der Waals surface area (Å²) in [5.74, 6) is 0.233. The summed E-state index contributed by atoms with van der Waals surface area (Å²) in [6.07, 6.45) is -6.75. The largest absolute Gasteiger partial charge is 0.504 e. The Balaban J connectivity index is 1.72. The zero-order chi connectivity index (χ0) is 25.5. The third-order valence-corrected chi connectivity index (χ3v) is 5.68. The van der Waals surface area contributed by atoms with Gasteiger partial charge in [0.2, 0.25) is 6.29 Å². The first-order valence-electron chi connectivity index (χ1n) is 11.2. The van der Waals surface area contributed by atoms with Crippen LogP contribution in [0.1, 0.15) is 23.7 Å². The Kier molecular flexibility index (Phi) is 9.52. The van der Waals surface area contributed by atoms with E-state index in [9.17, 15) is 30.6 Å². The Morgan fingerprint density at radius 2 is 1.74 bits per heavy atom. The monoisotopic (exact) mass is 496 g/mol. The molecule has 1 aliphatic heterocycles. The summed E-state index contributed by atoms with van der Waals surface area (Å²) < 4.78 is 21.8. The summed E-state index contributed by atoms with van der Waals surface area (Å²) >= 11 is 0. The van der Waals surface area contributed by atoms with E-state index in [4.69, 9.17) is 24.1 Å². The van der Waals surface area contributed by atoms with Gasteiger partial charge in [-0.25, -0.2) is 0 Å². The minimum Gasteiger partial charge on any atom is -0.504 e. The van der Waals surface area contributed by atoms with Crippen LogP contribution < -0.4 is 14.2 Å². The van der Waals surface area contributed by atoms with Crippen LogP contribution in [0, 0.1) is 0 Å². The van der Waals surface area contributed by atoms with Crippen LogP contribution in [0.5, 0.6) is 23.0 Å². The van der Waals surface area contributed by atoms with Crippen molar-refractivity contribution >= 4 is 0 Å². The molecule has 0 aromatic heterocycles. The first-order valence-corrected chi connectivity index (χ1v) is 11.2. The van der Waals surface area contributed by atoms with Gasteiger partial charge in [0.1, 0.15) is 24.4 Å². The molecule has 0 unspecified atom stereocenters. The summed E-state index contributed by atoms with van der Waals surface area (Å²) in [5.41, 5.74) is 1.12. The molecule has 1 aliphatic rings. The SMILES string of the molecule is COc1cc([C@@H](O)[C@@H](CO)Oc2ccc(CCCO)cc2O)ccc1O[C@@H]1OC[C@@H](O)[C@H](O)[C@H]1O. The fraction of sp³-hybridized carbons (Fsp3) is 0.500. The number of hydrogen-bond donors (Lipinski definition) is 7. The molecule has 35 heavy (non-hydrogen) atoms. The molecular formula is C24H32O11. The second-order valence-corrected chi connectivity index (χ2v) is 8.19. The molecular weight excluding hydrogens is 464 g/mol. The highest BCUT2D eigenvalue weighted by molar-refractivity contribution is 5.45. The van der Waals surface area contributed by atoms with Gasteiger partial charge >= 0.3 is 0 Å². The van der Waals surface area contributed by atoms with Gasteiger partial charge in [-0.1, -0.05) is 12.1 Å². The normalized spacial score (nSPS) is 24.0. The number of rotatable bonds is 11. The van der Waals surface area contributed by atoms with E-state index in [1.807, 2.05) is 0 Å². The molecule has 0 radical (unpaired) electrons. The van der Waals surface area contributed by atoms with Crippen molar-refractivity contribution < 1.29 is 54.7 Å². The summed E-state index contributed by atoms with van der Waals surface area (Å²) in [5, 5.41) is 69.3. The number of phenolic OH excluding ortho intramolecular Hbond substituents is 1. The van der Waals surface area contributed by atoms with E-state index < -0.39 is 43.4 Å². The van der Waals surface area contributed by atoms with Gasteiger partial charge < -0.3 is 54.7 Å². The highest BCUT2D eigenvalue weighted by Gasteiger charge is 2.39. The molecule has 0 bridgehead atoms. The Morgan fingerprint density at radius 3 is 2.40 bits per heavy atom. The van der Waals surface area contributed by atoms with Gasteiger partial charge in [-0.15, -0.1) is 0 Å². The number of hydrogen-bond acceptors (Lipinski definition) is 11. The predicted molar refractivity (Wildman–Crippen MR) is 121 cm³/mol. The minimum atomic E-state index is -1.50. The van der Waals surface area contributed by atoms with Crippen LogP contribution in [0.25, 0.3) is 0 Å². The van der Waals surface area contributed by atoms with Gasteiger partial charge in [-0.05, 0) is 48.2 Å². The molecule has 0 amide bonds. The van der Waals surface area contributed by atoms with Crippen molar-refractivity contribution in [3.8, 4) is 23.0 Å². The van der Waals surface area contributed by atoms with E-state index in [0.29, 0.717) is 18.4 Å². The molecule has 1 fully saturated rings. The summed E-state index contributed by atoms with van der Waals surface area (Å²) in [4.78, 5) is 0. The lowest BCUT2D eigenvalue weighted by molar-refractivity contribution is -0.242. The van der Waals surface area contributed by atoms with Crippen molar-refractivity contribution in [2.24, 2.45) is 0 Å². The number of aliphatic hydroxyl groups excluding tert-OH is 6. The number of aryl methyl sites for hydroxylation is 1. The molecule has 11 heteroatoms. The first-order chi connectivity index (χ1) is 16.8. The number of methoxy groups -OCH3 is 1. The Labute approximate surface area is 202 Å². The minimum absolute atomic E-state index is 0.0322. The van der Waals surface area contributed by atoms with Gasteiger partial charge in [0.15, 0.2) is 29.1 Å². The van der Waals surface area contributed by atoms with Crippen molar-refractivity contribution in [3.05, 3.63) is 47.5 Å². The molecule has 0 aliphatic carbocycles. The third-order valence-electron chi connectivity index (χ3n) is 5.68. The molecule has 194 valence electrons. The van der Waals surface area contributed by atoms with Crippen LogP contribution in [0.3, 0.4) is 0 Å². The maximum Gasteiger partial charge on any atom is 0.229 e. The quantitative estimate of drug-likeness (QED) is 0.216. The zero-order valence-electron chi connectivity index (χ0n) is 19.2. The van der Waals surface area contributed by atoms with Crippen LogP contribution in [0.2, 0.25) is 0 Å². The van der Waals surface area contributed by atoms with Crippen LogP contribution in [-0.4, -0.2) is 93.4 Å². The molecule has 11 nitrogen and oxygen atoms in total. The van der Waals surface area contributed by atoms with E-state index in [1.54, 1.807) is 6.07 Å². The van der Waals surface area contributed by atoms with Crippen molar-refractivity contribution in [1.82, 2.24) is 0 Å². The molecule has 6 atom stereocenters. The fourth-order valence-corrected chi connectivity index (χ4v) is 3.65. The lowest BCUT2D eigenvalue weighted by atomic mass is 10.0.